The number of hydrogen-bond acceptors (Lipinski definition) is 10. The summed E-state index contributed by atoms with van der Waals surface area (Å²) in [6.07, 6.45) is 3.99. The summed E-state index contributed by atoms with van der Waals surface area (Å²) in [4.78, 5) is 32.9. The van der Waals surface area contributed by atoms with E-state index in [4.69, 9.17) is 14.5 Å². The molecule has 0 N–H and O–H groups in total. The summed E-state index contributed by atoms with van der Waals surface area (Å²) in [5.41, 5.74) is 1.82. The van der Waals surface area contributed by atoms with Crippen LogP contribution in [0.25, 0.3) is 33.1 Å². The van der Waals surface area contributed by atoms with Crippen LogP contribution in [-0.4, -0.2) is 97.7 Å². The Balaban J connectivity index is 1.14. The number of carbonyl (C=O) groups excluding carboxylic acids is 1. The molecular formula is C37H37F2N9O3. The number of rotatable bonds is 8. The van der Waals surface area contributed by atoms with Gasteiger partial charge in [0.25, 0.3) is 0 Å². The van der Waals surface area contributed by atoms with E-state index in [-0.39, 0.29) is 49.9 Å². The Labute approximate surface area is 293 Å². The minimum atomic E-state index is -0.935. The SMILES string of the molecule is Cn1ncc2cccc(-c3ncc4c(N5CCN(C(=O)OCc6ccccc6)[C@@H](CC#N)C5)nc(OC[C@@]56CCCN5C[C@H](F)C6)nc4c3F)c21. The van der Waals surface area contributed by atoms with Crippen molar-refractivity contribution in [1.82, 2.24) is 34.5 Å². The second-order valence-corrected chi connectivity index (χ2v) is 13.6. The molecule has 0 bridgehead atoms. The molecular weight excluding hydrogens is 656 g/mol. The van der Waals surface area contributed by atoms with Crippen LogP contribution in [0.5, 0.6) is 6.01 Å². The minimum Gasteiger partial charge on any atom is -0.461 e. The molecule has 3 saturated heterocycles. The first-order valence-electron chi connectivity index (χ1n) is 17.2. The number of ether oxygens (including phenoxy) is 2. The molecule has 1 amide bonds. The van der Waals surface area contributed by atoms with Crippen LogP contribution in [-0.2, 0) is 18.4 Å². The van der Waals surface area contributed by atoms with Gasteiger partial charge in [-0.05, 0) is 24.9 Å². The van der Waals surface area contributed by atoms with Gasteiger partial charge in [-0.25, -0.2) is 13.6 Å². The molecule has 51 heavy (non-hydrogen) atoms. The molecule has 8 rings (SSSR count). The summed E-state index contributed by atoms with van der Waals surface area (Å²) in [6, 6.07) is 16.6. The van der Waals surface area contributed by atoms with Crippen molar-refractivity contribution in [2.24, 2.45) is 7.05 Å². The molecule has 2 aromatic carbocycles. The quantitative estimate of drug-likeness (QED) is 0.208. The van der Waals surface area contributed by atoms with Crippen LogP contribution in [0.15, 0.2) is 60.9 Å². The molecule has 5 aromatic rings. The van der Waals surface area contributed by atoms with Gasteiger partial charge in [0.1, 0.15) is 36.4 Å². The summed E-state index contributed by atoms with van der Waals surface area (Å²) in [7, 11) is 1.79. The zero-order valence-corrected chi connectivity index (χ0v) is 28.2. The van der Waals surface area contributed by atoms with Crippen molar-refractivity contribution in [3.63, 3.8) is 0 Å². The molecule has 3 aromatic heterocycles. The Hall–Kier alpha value is -5.42. The summed E-state index contributed by atoms with van der Waals surface area (Å²) < 4.78 is 45.0. The zero-order chi connectivity index (χ0) is 35.1. The van der Waals surface area contributed by atoms with Crippen molar-refractivity contribution in [2.75, 3.05) is 44.2 Å². The number of fused-ring (bicyclic) bond motifs is 3. The highest BCUT2D eigenvalue weighted by Crippen LogP contribution is 2.41. The number of carbonyl (C=O) groups is 1. The monoisotopic (exact) mass is 693 g/mol. The predicted molar refractivity (Wildman–Crippen MR) is 185 cm³/mol. The second kappa shape index (κ2) is 13.4. The number of aryl methyl sites for hydroxylation is 1. The largest absolute Gasteiger partial charge is 0.461 e. The average molecular weight is 694 g/mol. The molecule has 12 nitrogen and oxygen atoms in total. The van der Waals surface area contributed by atoms with E-state index in [0.717, 1.165) is 35.9 Å². The van der Waals surface area contributed by atoms with E-state index in [2.05, 4.69) is 26.0 Å². The maximum absolute atomic E-state index is 16.8. The number of alkyl halides is 1. The smallest absolute Gasteiger partial charge is 0.410 e. The number of nitrogens with zero attached hydrogens (tertiary/aromatic N) is 9. The number of benzene rings is 2. The van der Waals surface area contributed by atoms with Crippen LogP contribution < -0.4 is 9.64 Å². The number of nitriles is 1. The van der Waals surface area contributed by atoms with Gasteiger partial charge >= 0.3 is 12.1 Å². The van der Waals surface area contributed by atoms with Crippen LogP contribution in [0.4, 0.5) is 19.4 Å². The van der Waals surface area contributed by atoms with Gasteiger partial charge in [-0.15, -0.1) is 0 Å². The molecule has 3 aliphatic rings. The number of hydrogen-bond donors (Lipinski definition) is 0. The lowest BCUT2D eigenvalue weighted by atomic mass is 9.95. The number of pyridine rings is 1. The molecule has 3 aliphatic heterocycles. The predicted octanol–water partition coefficient (Wildman–Crippen LogP) is 5.41. The van der Waals surface area contributed by atoms with Gasteiger partial charge in [0.15, 0.2) is 5.82 Å². The minimum absolute atomic E-state index is 0.0243. The van der Waals surface area contributed by atoms with Crippen LogP contribution in [0.1, 0.15) is 31.2 Å². The topological polar surface area (TPSA) is 126 Å². The lowest BCUT2D eigenvalue weighted by Gasteiger charge is -2.40. The van der Waals surface area contributed by atoms with E-state index in [0.29, 0.717) is 36.3 Å². The Kier molecular flexibility index (Phi) is 8.59. The fourth-order valence-electron chi connectivity index (χ4n) is 7.96. The molecule has 0 aliphatic carbocycles. The van der Waals surface area contributed by atoms with E-state index in [1.165, 1.54) is 0 Å². The number of para-hydroxylation sites is 1. The lowest BCUT2D eigenvalue weighted by molar-refractivity contribution is 0.0768. The van der Waals surface area contributed by atoms with Crippen molar-refractivity contribution < 1.29 is 23.0 Å². The first kappa shape index (κ1) is 32.8. The summed E-state index contributed by atoms with van der Waals surface area (Å²) in [5.74, 6) is -0.265. The number of amides is 1. The molecule has 3 atom stereocenters. The van der Waals surface area contributed by atoms with Gasteiger partial charge in [0.2, 0.25) is 0 Å². The first-order valence-corrected chi connectivity index (χ1v) is 17.2. The highest BCUT2D eigenvalue weighted by Gasteiger charge is 2.49. The van der Waals surface area contributed by atoms with Crippen molar-refractivity contribution in [3.8, 4) is 23.3 Å². The highest BCUT2D eigenvalue weighted by molar-refractivity contribution is 5.97. The highest BCUT2D eigenvalue weighted by atomic mass is 19.1. The number of anilines is 1. The van der Waals surface area contributed by atoms with E-state index >= 15 is 4.39 Å². The van der Waals surface area contributed by atoms with E-state index < -0.39 is 29.7 Å². The van der Waals surface area contributed by atoms with E-state index in [9.17, 15) is 14.4 Å². The number of halogens is 2. The van der Waals surface area contributed by atoms with E-state index in [1.54, 1.807) is 35.1 Å². The van der Waals surface area contributed by atoms with Crippen molar-refractivity contribution >= 4 is 33.7 Å². The Morgan fingerprint density at radius 3 is 2.78 bits per heavy atom. The average Bonchev–Trinajstić information content (AvgIpc) is 3.81. The normalized spacial score (nSPS) is 22.0. The van der Waals surface area contributed by atoms with Gasteiger partial charge < -0.3 is 19.3 Å². The van der Waals surface area contributed by atoms with Gasteiger partial charge in [0.05, 0.1) is 41.2 Å². The third-order valence-electron chi connectivity index (χ3n) is 10.4. The molecule has 6 heterocycles. The number of piperazine rings is 1. The lowest BCUT2D eigenvalue weighted by Crippen LogP contribution is -2.55. The van der Waals surface area contributed by atoms with Crippen LogP contribution in [0, 0.1) is 17.1 Å². The molecule has 0 radical (unpaired) electrons. The molecule has 262 valence electrons. The first-order chi connectivity index (χ1) is 24.8. The maximum atomic E-state index is 16.8. The summed E-state index contributed by atoms with van der Waals surface area (Å²) in [6.45, 7) is 2.26. The van der Waals surface area contributed by atoms with Gasteiger partial charge in [-0.3, -0.25) is 14.6 Å². The third kappa shape index (κ3) is 6.05. The van der Waals surface area contributed by atoms with Crippen molar-refractivity contribution in [1.29, 1.82) is 5.26 Å². The van der Waals surface area contributed by atoms with Gasteiger partial charge in [-0.1, -0.05) is 48.5 Å². The molecule has 0 spiro atoms. The summed E-state index contributed by atoms with van der Waals surface area (Å²) >= 11 is 0. The molecule has 14 heteroatoms. The Morgan fingerprint density at radius 2 is 1.94 bits per heavy atom. The van der Waals surface area contributed by atoms with Crippen molar-refractivity contribution in [3.05, 3.63) is 72.3 Å². The second-order valence-electron chi connectivity index (χ2n) is 13.6. The molecule has 3 fully saturated rings. The summed E-state index contributed by atoms with van der Waals surface area (Å²) in [5, 5.41) is 15.3. The zero-order valence-electron chi connectivity index (χ0n) is 28.2. The van der Waals surface area contributed by atoms with E-state index in [1.807, 2.05) is 47.4 Å². The molecule has 0 unspecified atom stereocenters. The standard InChI is InChI=1S/C37H37F2N9O3/c1-45-33-25(18-42-45)9-5-10-28(33)31-30(39)32-29(19-41-31)34(44-35(43-32)51-23-37-12-6-14-47(37)20-26(38)17-37)46-15-16-48(27(21-46)11-13-40)36(49)50-22-24-7-3-2-4-8-24/h2-5,7-10,18-19,26-27H,6,11-12,14-17,20-23H2,1H3/t26-,27+,37+/m1/s1. The maximum Gasteiger partial charge on any atom is 0.410 e. The molecule has 0 saturated carbocycles. The van der Waals surface area contributed by atoms with Crippen molar-refractivity contribution in [2.45, 2.75) is 50.0 Å². The van der Waals surface area contributed by atoms with Crippen LogP contribution >= 0.6 is 0 Å². The van der Waals surface area contributed by atoms with Gasteiger partial charge in [-0.2, -0.15) is 20.3 Å². The Morgan fingerprint density at radius 1 is 1.08 bits per heavy atom. The van der Waals surface area contributed by atoms with Crippen LogP contribution in [0.2, 0.25) is 0 Å². The fourth-order valence-corrected chi connectivity index (χ4v) is 7.96. The Bertz CT molecular complexity index is 2140. The fraction of sp³-hybridized carbons (Fsp3) is 0.405. The number of aromatic nitrogens is 5. The third-order valence-corrected chi connectivity index (χ3v) is 10.4. The van der Waals surface area contributed by atoms with Gasteiger partial charge in [0, 0.05) is 56.8 Å². The van der Waals surface area contributed by atoms with Crippen LogP contribution in [0.3, 0.4) is 0 Å².